The van der Waals surface area contributed by atoms with Crippen molar-refractivity contribution < 1.29 is 14.6 Å². The van der Waals surface area contributed by atoms with Gasteiger partial charge in [0.2, 0.25) is 0 Å². The highest BCUT2D eigenvalue weighted by molar-refractivity contribution is 5.60. The molecule has 2 N–H and O–H groups in total. The van der Waals surface area contributed by atoms with Gasteiger partial charge in [0.15, 0.2) is 23.1 Å². The number of nitrogens with zero attached hydrogens (tertiary/aromatic N) is 2. The lowest BCUT2D eigenvalue weighted by atomic mass is 10.2. The highest BCUT2D eigenvalue weighted by Gasteiger charge is 2.21. The fourth-order valence-corrected chi connectivity index (χ4v) is 2.27. The average Bonchev–Trinajstić information content (AvgIpc) is 3.11. The lowest BCUT2D eigenvalue weighted by Gasteiger charge is -2.06. The van der Waals surface area contributed by atoms with E-state index in [4.69, 9.17) is 9.47 Å². The smallest absolute Gasteiger partial charge is 0.181 e. The zero-order valence-corrected chi connectivity index (χ0v) is 11.3. The molecule has 106 valence electrons. The summed E-state index contributed by atoms with van der Waals surface area (Å²) in [6, 6.07) is 5.09. The fourth-order valence-electron chi connectivity index (χ4n) is 2.27. The van der Waals surface area contributed by atoms with E-state index >= 15 is 0 Å². The summed E-state index contributed by atoms with van der Waals surface area (Å²) in [6.45, 7) is 3.13. The first-order valence-corrected chi connectivity index (χ1v) is 6.78. The Labute approximate surface area is 116 Å². The van der Waals surface area contributed by atoms with Gasteiger partial charge in [-0.15, -0.1) is 0 Å². The van der Waals surface area contributed by atoms with Crippen molar-refractivity contribution in [3.63, 3.8) is 0 Å². The number of rotatable bonds is 4. The summed E-state index contributed by atoms with van der Waals surface area (Å²) in [5.41, 5.74) is 0.798. The second kappa shape index (κ2) is 5.50. The number of aromatic hydroxyl groups is 1. The van der Waals surface area contributed by atoms with Crippen molar-refractivity contribution in [2.45, 2.75) is 25.9 Å². The molecule has 1 saturated heterocycles. The zero-order chi connectivity index (χ0) is 13.9. The number of nitrogens with one attached hydrogen (secondary N) is 1. The summed E-state index contributed by atoms with van der Waals surface area (Å²) < 4.78 is 10.9. The van der Waals surface area contributed by atoms with Crippen molar-refractivity contribution in [3.8, 4) is 22.9 Å². The van der Waals surface area contributed by atoms with Crippen LogP contribution in [0, 0.1) is 0 Å². The van der Waals surface area contributed by atoms with Crippen molar-refractivity contribution >= 4 is 0 Å². The van der Waals surface area contributed by atoms with Crippen molar-refractivity contribution in [1.82, 2.24) is 15.2 Å². The van der Waals surface area contributed by atoms with E-state index < -0.39 is 0 Å². The van der Waals surface area contributed by atoms with Crippen molar-refractivity contribution in [1.29, 1.82) is 0 Å². The Balaban J connectivity index is 1.87. The predicted octanol–water partition coefficient (Wildman–Crippen LogP) is 2.43. The molecule has 0 radical (unpaired) electrons. The van der Waals surface area contributed by atoms with Crippen LogP contribution in [0.1, 0.15) is 31.7 Å². The molecule has 2 aromatic rings. The van der Waals surface area contributed by atoms with Crippen molar-refractivity contribution in [3.05, 3.63) is 24.0 Å². The molecule has 6 heteroatoms. The van der Waals surface area contributed by atoms with Gasteiger partial charge >= 0.3 is 0 Å². The van der Waals surface area contributed by atoms with Gasteiger partial charge < -0.3 is 14.6 Å². The number of ether oxygens (including phenoxy) is 2. The monoisotopic (exact) mass is 275 g/mol. The van der Waals surface area contributed by atoms with E-state index in [0.717, 1.165) is 30.8 Å². The highest BCUT2D eigenvalue weighted by atomic mass is 16.5. The second-order valence-electron chi connectivity index (χ2n) is 4.66. The lowest BCUT2D eigenvalue weighted by molar-refractivity contribution is 0.105. The van der Waals surface area contributed by atoms with E-state index in [2.05, 4.69) is 15.2 Å². The Hall–Kier alpha value is -2.08. The summed E-state index contributed by atoms with van der Waals surface area (Å²) in [5.74, 6) is 1.89. The van der Waals surface area contributed by atoms with E-state index in [1.807, 2.05) is 6.92 Å². The van der Waals surface area contributed by atoms with Crippen molar-refractivity contribution in [2.75, 3.05) is 13.2 Å². The van der Waals surface area contributed by atoms with E-state index in [1.54, 1.807) is 18.2 Å². The summed E-state index contributed by atoms with van der Waals surface area (Å²) in [6.07, 6.45) is 2.03. The first kappa shape index (κ1) is 12.9. The number of phenols is 1. The van der Waals surface area contributed by atoms with Gasteiger partial charge in [-0.3, -0.25) is 5.10 Å². The van der Waals surface area contributed by atoms with Crippen LogP contribution >= 0.6 is 0 Å². The largest absolute Gasteiger partial charge is 0.504 e. The molecule has 1 aromatic carbocycles. The number of hydrogen-bond donors (Lipinski definition) is 2. The molecule has 20 heavy (non-hydrogen) atoms. The summed E-state index contributed by atoms with van der Waals surface area (Å²) in [7, 11) is 0. The van der Waals surface area contributed by atoms with Crippen LogP contribution in [0.2, 0.25) is 0 Å². The van der Waals surface area contributed by atoms with Crippen LogP contribution in [0.3, 0.4) is 0 Å². The average molecular weight is 275 g/mol. The minimum absolute atomic E-state index is 0.0136. The van der Waals surface area contributed by atoms with Gasteiger partial charge in [-0.1, -0.05) is 0 Å². The highest BCUT2D eigenvalue weighted by Crippen LogP contribution is 2.32. The van der Waals surface area contributed by atoms with E-state index in [9.17, 15) is 5.11 Å². The van der Waals surface area contributed by atoms with Gasteiger partial charge in [0.1, 0.15) is 6.10 Å². The molecule has 1 fully saturated rings. The predicted molar refractivity (Wildman–Crippen MR) is 72.6 cm³/mol. The molecule has 2 heterocycles. The third-order valence-electron chi connectivity index (χ3n) is 3.26. The third-order valence-corrected chi connectivity index (χ3v) is 3.26. The molecule has 1 aliphatic rings. The molecule has 1 aliphatic heterocycles. The number of aromatic nitrogens is 3. The molecular formula is C14H17N3O3. The second-order valence-corrected chi connectivity index (χ2v) is 4.66. The van der Waals surface area contributed by atoms with Crippen LogP contribution in [-0.2, 0) is 4.74 Å². The minimum Gasteiger partial charge on any atom is -0.504 e. The molecule has 0 spiro atoms. The maximum atomic E-state index is 9.70. The third kappa shape index (κ3) is 2.46. The molecule has 1 atom stereocenters. The Kier molecular flexibility index (Phi) is 3.56. The molecule has 0 aliphatic carbocycles. The van der Waals surface area contributed by atoms with Gasteiger partial charge in [0.05, 0.1) is 6.61 Å². The summed E-state index contributed by atoms with van der Waals surface area (Å²) in [5, 5.41) is 16.8. The Bertz CT molecular complexity index is 591. The Morgan fingerprint density at radius 1 is 1.50 bits per heavy atom. The number of phenolic OH excluding ortho intramolecular Hbond substituents is 1. The summed E-state index contributed by atoms with van der Waals surface area (Å²) in [4.78, 5) is 4.46. The van der Waals surface area contributed by atoms with Crippen LogP contribution in [-0.4, -0.2) is 33.5 Å². The van der Waals surface area contributed by atoms with Crippen molar-refractivity contribution in [2.24, 2.45) is 0 Å². The SMILES string of the molecule is CCOc1cc(-c2n[nH]c([C@@H]3CCCO3)n2)ccc1O. The number of benzene rings is 1. The number of aromatic amines is 1. The van der Waals surface area contributed by atoms with Crippen LogP contribution in [0.25, 0.3) is 11.4 Å². The first-order chi connectivity index (χ1) is 9.78. The van der Waals surface area contributed by atoms with E-state index in [0.29, 0.717) is 18.2 Å². The van der Waals surface area contributed by atoms with Gasteiger partial charge in [-0.2, -0.15) is 5.10 Å². The van der Waals surface area contributed by atoms with E-state index in [-0.39, 0.29) is 11.9 Å². The molecule has 0 unspecified atom stereocenters. The van der Waals surface area contributed by atoms with E-state index in [1.165, 1.54) is 0 Å². The molecule has 6 nitrogen and oxygen atoms in total. The fraction of sp³-hybridized carbons (Fsp3) is 0.429. The summed E-state index contributed by atoms with van der Waals surface area (Å²) >= 11 is 0. The molecular weight excluding hydrogens is 258 g/mol. The molecule has 0 amide bonds. The zero-order valence-electron chi connectivity index (χ0n) is 11.3. The minimum atomic E-state index is 0.0136. The van der Waals surface area contributed by atoms with Gasteiger partial charge in [-0.05, 0) is 38.0 Å². The van der Waals surface area contributed by atoms with Gasteiger partial charge in [0.25, 0.3) is 0 Å². The lowest BCUT2D eigenvalue weighted by Crippen LogP contribution is -1.98. The molecule has 1 aromatic heterocycles. The number of H-pyrrole nitrogens is 1. The molecule has 0 saturated carbocycles. The molecule has 3 rings (SSSR count). The van der Waals surface area contributed by atoms with Crippen LogP contribution in [0.5, 0.6) is 11.5 Å². The quantitative estimate of drug-likeness (QED) is 0.895. The maximum absolute atomic E-state index is 9.70. The topological polar surface area (TPSA) is 80.3 Å². The Morgan fingerprint density at radius 3 is 3.15 bits per heavy atom. The van der Waals surface area contributed by atoms with Gasteiger partial charge in [-0.25, -0.2) is 4.98 Å². The van der Waals surface area contributed by atoms with Crippen LogP contribution in [0.4, 0.5) is 0 Å². The van der Waals surface area contributed by atoms with Gasteiger partial charge in [0, 0.05) is 12.2 Å². The normalized spacial score (nSPS) is 18.4. The maximum Gasteiger partial charge on any atom is 0.181 e. The number of hydrogen-bond acceptors (Lipinski definition) is 5. The standard InChI is InChI=1S/C14H17N3O3/c1-2-19-12-8-9(5-6-10(12)18)13-15-14(17-16-13)11-4-3-7-20-11/h5-6,8,11,18H,2-4,7H2,1H3,(H,15,16,17)/t11-/m0/s1. The first-order valence-electron chi connectivity index (χ1n) is 6.78. The van der Waals surface area contributed by atoms with Crippen LogP contribution in [0.15, 0.2) is 18.2 Å². The molecule has 0 bridgehead atoms. The Morgan fingerprint density at radius 2 is 2.40 bits per heavy atom. The van der Waals surface area contributed by atoms with Crippen LogP contribution < -0.4 is 4.74 Å².